The van der Waals surface area contributed by atoms with Gasteiger partial charge in [0.1, 0.15) is 11.7 Å². The summed E-state index contributed by atoms with van der Waals surface area (Å²) in [5.41, 5.74) is -0.280. The number of hydrogen-bond acceptors (Lipinski definition) is 2. The van der Waals surface area contributed by atoms with Gasteiger partial charge < -0.3 is 9.84 Å². The van der Waals surface area contributed by atoms with Crippen LogP contribution in [0.15, 0.2) is 36.4 Å². The molecule has 20 heavy (non-hydrogen) atoms. The van der Waals surface area contributed by atoms with E-state index in [1.54, 1.807) is 0 Å². The van der Waals surface area contributed by atoms with Crippen LogP contribution in [0.4, 0.5) is 0 Å². The lowest BCUT2D eigenvalue weighted by Gasteiger charge is -2.47. The summed E-state index contributed by atoms with van der Waals surface area (Å²) < 4.78 is 5.90. The molecule has 1 heterocycles. The predicted octanol–water partition coefficient (Wildman–Crippen LogP) is 3.90. The molecule has 0 unspecified atom stereocenters. The maximum atomic E-state index is 11.3. The van der Waals surface area contributed by atoms with Gasteiger partial charge in [-0.25, -0.2) is 0 Å². The normalized spacial score (nSPS) is 30.0. The summed E-state index contributed by atoms with van der Waals surface area (Å²) >= 11 is 0. The van der Waals surface area contributed by atoms with Crippen LogP contribution in [0, 0.1) is 10.8 Å². The molecule has 1 aliphatic rings. The van der Waals surface area contributed by atoms with Gasteiger partial charge in [0.25, 0.3) is 0 Å². The summed E-state index contributed by atoms with van der Waals surface area (Å²) in [6.07, 6.45) is 3.75. The lowest BCUT2D eigenvalue weighted by Crippen LogP contribution is -2.57. The summed E-state index contributed by atoms with van der Waals surface area (Å²) in [6, 6.07) is 10.1. The Bertz CT molecular complexity index is 482. The number of hydrogen-bond donors (Lipinski definition) is 1. The second-order valence-corrected chi connectivity index (χ2v) is 7.40. The molecule has 2 atom stereocenters. The van der Waals surface area contributed by atoms with Crippen molar-refractivity contribution in [3.8, 4) is 0 Å². The van der Waals surface area contributed by atoms with Gasteiger partial charge in [-0.3, -0.25) is 0 Å². The highest BCUT2D eigenvalue weighted by Crippen LogP contribution is 2.52. The molecule has 0 aliphatic carbocycles. The molecule has 1 aliphatic heterocycles. The third kappa shape index (κ3) is 2.43. The van der Waals surface area contributed by atoms with Crippen LogP contribution in [0.5, 0.6) is 0 Å². The van der Waals surface area contributed by atoms with Gasteiger partial charge in [-0.2, -0.15) is 0 Å². The van der Waals surface area contributed by atoms with Gasteiger partial charge in [-0.1, -0.05) is 77.1 Å². The molecule has 1 aromatic carbocycles. The molecule has 2 heteroatoms. The zero-order valence-corrected chi connectivity index (χ0v) is 13.2. The minimum absolute atomic E-state index is 0.251. The second-order valence-electron chi connectivity index (χ2n) is 7.40. The van der Waals surface area contributed by atoms with Gasteiger partial charge in [0.2, 0.25) is 0 Å². The van der Waals surface area contributed by atoms with Crippen LogP contribution < -0.4 is 0 Å². The first-order chi connectivity index (χ1) is 9.18. The van der Waals surface area contributed by atoms with E-state index in [2.05, 4.69) is 34.6 Å². The van der Waals surface area contributed by atoms with Crippen molar-refractivity contribution in [2.24, 2.45) is 10.8 Å². The van der Waals surface area contributed by atoms with Crippen molar-refractivity contribution in [3.05, 3.63) is 42.0 Å². The van der Waals surface area contributed by atoms with Gasteiger partial charge in [-0.15, -0.1) is 0 Å². The van der Waals surface area contributed by atoms with Crippen molar-refractivity contribution < 1.29 is 9.84 Å². The Hall–Kier alpha value is -1.12. The fourth-order valence-electron chi connectivity index (χ4n) is 3.31. The Morgan fingerprint density at radius 3 is 2.35 bits per heavy atom. The molecule has 2 rings (SSSR count). The number of rotatable bonds is 2. The van der Waals surface area contributed by atoms with E-state index in [0.717, 1.165) is 5.56 Å². The molecule has 1 N–H and O–H groups in total. The molecule has 0 amide bonds. The average Bonchev–Trinajstić information content (AvgIpc) is 2.60. The van der Waals surface area contributed by atoms with Gasteiger partial charge in [-0.05, 0) is 11.0 Å². The molecule has 0 radical (unpaired) electrons. The first kappa shape index (κ1) is 15.3. The van der Waals surface area contributed by atoms with Gasteiger partial charge in [0.15, 0.2) is 0 Å². The Kier molecular flexibility index (Phi) is 3.83. The molecule has 2 nitrogen and oxygen atoms in total. The summed E-state index contributed by atoms with van der Waals surface area (Å²) in [6.45, 7) is 11.0. The fraction of sp³-hybridized carbons (Fsp3) is 0.556. The van der Waals surface area contributed by atoms with E-state index in [1.165, 1.54) is 0 Å². The topological polar surface area (TPSA) is 29.5 Å². The summed E-state index contributed by atoms with van der Waals surface area (Å²) in [4.78, 5) is 0. The summed E-state index contributed by atoms with van der Waals surface area (Å²) in [7, 11) is 0. The smallest absolute Gasteiger partial charge is 0.106 e. The zero-order valence-electron chi connectivity index (χ0n) is 13.2. The van der Waals surface area contributed by atoms with Crippen molar-refractivity contribution in [3.63, 3.8) is 0 Å². The standard InChI is InChI=1S/C18H26O2/c1-16(2,3)18(19)15(20-13-17(18,4)5)12-11-14-9-7-6-8-10-14/h6-12,15,19H,13H2,1-5H3/b12-11+/t15-,18-/m0/s1. The van der Waals surface area contributed by atoms with Crippen LogP contribution in [-0.2, 0) is 4.74 Å². The van der Waals surface area contributed by atoms with E-state index < -0.39 is 5.60 Å². The van der Waals surface area contributed by atoms with Crippen molar-refractivity contribution in [1.82, 2.24) is 0 Å². The number of ether oxygens (including phenoxy) is 1. The molecule has 1 aromatic rings. The van der Waals surface area contributed by atoms with E-state index in [1.807, 2.05) is 42.5 Å². The van der Waals surface area contributed by atoms with Crippen molar-refractivity contribution in [2.75, 3.05) is 6.61 Å². The van der Waals surface area contributed by atoms with Crippen LogP contribution >= 0.6 is 0 Å². The maximum absolute atomic E-state index is 11.3. The molecule has 0 aromatic heterocycles. The minimum Gasteiger partial charge on any atom is -0.386 e. The highest BCUT2D eigenvalue weighted by Gasteiger charge is 2.60. The van der Waals surface area contributed by atoms with E-state index in [9.17, 15) is 5.11 Å². The van der Waals surface area contributed by atoms with E-state index >= 15 is 0 Å². The van der Waals surface area contributed by atoms with E-state index in [4.69, 9.17) is 4.74 Å². The Morgan fingerprint density at radius 2 is 1.80 bits per heavy atom. The van der Waals surface area contributed by atoms with Crippen LogP contribution in [-0.4, -0.2) is 23.4 Å². The third-order valence-electron chi connectivity index (χ3n) is 4.47. The Labute approximate surface area is 122 Å². The van der Waals surface area contributed by atoms with E-state index in [0.29, 0.717) is 6.61 Å². The molecular weight excluding hydrogens is 248 g/mol. The predicted molar refractivity (Wildman–Crippen MR) is 83.4 cm³/mol. The lowest BCUT2D eigenvalue weighted by atomic mass is 9.61. The highest BCUT2D eigenvalue weighted by atomic mass is 16.5. The SMILES string of the molecule is CC(C)(C)[C@@]1(O)[C@H](/C=C/c2ccccc2)OCC1(C)C. The highest BCUT2D eigenvalue weighted by molar-refractivity contribution is 5.50. The monoisotopic (exact) mass is 274 g/mol. The molecule has 0 saturated carbocycles. The lowest BCUT2D eigenvalue weighted by molar-refractivity contribution is -0.135. The number of aliphatic hydroxyl groups is 1. The van der Waals surface area contributed by atoms with Crippen LogP contribution in [0.1, 0.15) is 40.2 Å². The number of benzene rings is 1. The Balaban J connectivity index is 2.30. The molecule has 0 bridgehead atoms. The zero-order chi connectivity index (χ0) is 15.0. The van der Waals surface area contributed by atoms with Gasteiger partial charge in [0, 0.05) is 5.41 Å². The quantitative estimate of drug-likeness (QED) is 0.886. The first-order valence-electron chi connectivity index (χ1n) is 7.26. The van der Waals surface area contributed by atoms with Crippen LogP contribution in [0.2, 0.25) is 0 Å². The molecule has 1 fully saturated rings. The molecule has 0 spiro atoms. The molecular formula is C18H26O2. The first-order valence-corrected chi connectivity index (χ1v) is 7.26. The molecule has 110 valence electrons. The fourth-order valence-corrected chi connectivity index (χ4v) is 3.31. The summed E-state index contributed by atoms with van der Waals surface area (Å²) in [5, 5.41) is 11.3. The molecule has 1 saturated heterocycles. The summed E-state index contributed by atoms with van der Waals surface area (Å²) in [5.74, 6) is 0. The Morgan fingerprint density at radius 1 is 1.20 bits per heavy atom. The van der Waals surface area contributed by atoms with Crippen LogP contribution in [0.3, 0.4) is 0 Å². The van der Waals surface area contributed by atoms with E-state index in [-0.39, 0.29) is 16.9 Å². The maximum Gasteiger partial charge on any atom is 0.106 e. The second kappa shape index (κ2) is 5.01. The average molecular weight is 274 g/mol. The van der Waals surface area contributed by atoms with Gasteiger partial charge in [0.05, 0.1) is 6.61 Å². The van der Waals surface area contributed by atoms with Gasteiger partial charge >= 0.3 is 0 Å². The largest absolute Gasteiger partial charge is 0.386 e. The van der Waals surface area contributed by atoms with Crippen LogP contribution in [0.25, 0.3) is 6.08 Å². The third-order valence-corrected chi connectivity index (χ3v) is 4.47. The minimum atomic E-state index is -0.884. The van der Waals surface area contributed by atoms with Crippen molar-refractivity contribution in [2.45, 2.75) is 46.3 Å². The van der Waals surface area contributed by atoms with Crippen molar-refractivity contribution in [1.29, 1.82) is 0 Å². The van der Waals surface area contributed by atoms with Crippen molar-refractivity contribution >= 4 is 6.08 Å².